The van der Waals surface area contributed by atoms with Crippen molar-refractivity contribution in [3.05, 3.63) is 0 Å². The zero-order valence-electron chi connectivity index (χ0n) is 8.96. The summed E-state index contributed by atoms with van der Waals surface area (Å²) in [6.07, 6.45) is 1.11. The highest BCUT2D eigenvalue weighted by Crippen LogP contribution is 2.50. The molecule has 1 rings (SSSR count). The first-order valence-corrected chi connectivity index (χ1v) is 6.47. The van der Waals surface area contributed by atoms with Crippen LogP contribution in [0.25, 0.3) is 0 Å². The van der Waals surface area contributed by atoms with E-state index in [-0.39, 0.29) is 6.04 Å². The standard InChI is InChI=1S/C8H12Cl5N3/c1-5(2)16-4-14-15(3)6(16)7(9,10)8(11,12)13/h4-6H,1-3H3. The Kier molecular flexibility index (Phi) is 4.41. The number of hydrazone groups is 1. The van der Waals surface area contributed by atoms with Gasteiger partial charge in [-0.3, -0.25) is 5.01 Å². The molecule has 1 unspecified atom stereocenters. The molecule has 0 aromatic carbocycles. The summed E-state index contributed by atoms with van der Waals surface area (Å²) in [6, 6.07) is 0.142. The zero-order chi connectivity index (χ0) is 12.7. The lowest BCUT2D eigenvalue weighted by Gasteiger charge is -2.41. The summed E-state index contributed by atoms with van der Waals surface area (Å²) in [7, 11) is 1.72. The third-order valence-corrected chi connectivity index (χ3v) is 4.73. The van der Waals surface area contributed by atoms with Crippen LogP contribution in [-0.2, 0) is 0 Å². The van der Waals surface area contributed by atoms with Gasteiger partial charge in [0.15, 0.2) is 6.17 Å². The summed E-state index contributed by atoms with van der Waals surface area (Å²) in [6.45, 7) is 3.95. The quantitative estimate of drug-likeness (QED) is 0.723. The second-order valence-electron chi connectivity index (χ2n) is 3.84. The smallest absolute Gasteiger partial charge is 0.227 e. The Bertz CT molecular complexity index is 286. The summed E-state index contributed by atoms with van der Waals surface area (Å²) in [4.78, 5) is 1.84. The molecule has 1 aliphatic rings. The molecule has 0 bridgehead atoms. The van der Waals surface area contributed by atoms with Crippen molar-refractivity contribution in [3.63, 3.8) is 0 Å². The summed E-state index contributed by atoms with van der Waals surface area (Å²) in [5, 5.41) is 5.66. The predicted octanol–water partition coefficient (Wildman–Crippen LogP) is 3.46. The van der Waals surface area contributed by atoms with Crippen molar-refractivity contribution in [1.29, 1.82) is 0 Å². The fraction of sp³-hybridized carbons (Fsp3) is 0.875. The first kappa shape index (κ1) is 14.8. The Hall–Kier alpha value is 0.720. The minimum atomic E-state index is -1.81. The molecular formula is C8H12Cl5N3. The van der Waals surface area contributed by atoms with Gasteiger partial charge in [-0.2, -0.15) is 5.10 Å². The van der Waals surface area contributed by atoms with Crippen LogP contribution >= 0.6 is 58.0 Å². The summed E-state index contributed by atoms with van der Waals surface area (Å²) >= 11 is 29.7. The van der Waals surface area contributed by atoms with Gasteiger partial charge in [-0.15, -0.1) is 0 Å². The second-order valence-corrected chi connectivity index (χ2v) is 7.51. The van der Waals surface area contributed by atoms with Crippen LogP contribution in [0, 0.1) is 0 Å². The number of alkyl halides is 5. The molecule has 16 heavy (non-hydrogen) atoms. The molecule has 0 aromatic heterocycles. The number of hydrogen-bond donors (Lipinski definition) is 0. The van der Waals surface area contributed by atoms with E-state index >= 15 is 0 Å². The normalized spacial score (nSPS) is 22.4. The van der Waals surface area contributed by atoms with Gasteiger partial charge in [0.05, 0.1) is 0 Å². The van der Waals surface area contributed by atoms with Gasteiger partial charge in [0.25, 0.3) is 0 Å². The van der Waals surface area contributed by atoms with Crippen molar-refractivity contribution in [2.75, 3.05) is 7.05 Å². The number of nitrogens with zero attached hydrogens (tertiary/aromatic N) is 3. The topological polar surface area (TPSA) is 18.8 Å². The molecule has 0 saturated carbocycles. The lowest BCUT2D eigenvalue weighted by Crippen LogP contribution is -2.57. The van der Waals surface area contributed by atoms with E-state index in [1.807, 2.05) is 18.7 Å². The molecule has 0 saturated heterocycles. The molecule has 0 aromatic rings. The van der Waals surface area contributed by atoms with Crippen molar-refractivity contribution >= 4 is 64.3 Å². The first-order chi connectivity index (χ1) is 7.09. The van der Waals surface area contributed by atoms with Crippen molar-refractivity contribution in [1.82, 2.24) is 9.91 Å². The molecule has 3 nitrogen and oxygen atoms in total. The third-order valence-electron chi connectivity index (χ3n) is 2.30. The minimum Gasteiger partial charge on any atom is -0.334 e. The van der Waals surface area contributed by atoms with E-state index in [9.17, 15) is 0 Å². The van der Waals surface area contributed by atoms with Crippen LogP contribution in [0.15, 0.2) is 5.10 Å². The molecule has 0 spiro atoms. The largest absolute Gasteiger partial charge is 0.334 e. The minimum absolute atomic E-state index is 0.142. The summed E-state index contributed by atoms with van der Waals surface area (Å²) in [5.41, 5.74) is 0. The maximum atomic E-state index is 6.16. The van der Waals surface area contributed by atoms with Crippen LogP contribution in [0.3, 0.4) is 0 Å². The Labute approximate surface area is 120 Å². The van der Waals surface area contributed by atoms with Gasteiger partial charge in [0, 0.05) is 13.1 Å². The van der Waals surface area contributed by atoms with E-state index in [0.717, 1.165) is 0 Å². The lowest BCUT2D eigenvalue weighted by molar-refractivity contribution is 0.122. The molecule has 8 heteroatoms. The molecular weight excluding hydrogens is 315 g/mol. The monoisotopic (exact) mass is 325 g/mol. The average Bonchev–Trinajstić information content (AvgIpc) is 2.45. The Balaban J connectivity index is 3.02. The average molecular weight is 327 g/mol. The van der Waals surface area contributed by atoms with Crippen molar-refractivity contribution < 1.29 is 0 Å². The lowest BCUT2D eigenvalue weighted by atomic mass is 10.2. The molecule has 0 fully saturated rings. The van der Waals surface area contributed by atoms with Gasteiger partial charge in [-0.25, -0.2) is 0 Å². The van der Waals surface area contributed by atoms with Gasteiger partial charge in [-0.1, -0.05) is 58.0 Å². The number of halogens is 5. The van der Waals surface area contributed by atoms with Crippen molar-refractivity contribution in [3.8, 4) is 0 Å². The van der Waals surface area contributed by atoms with E-state index in [0.29, 0.717) is 0 Å². The summed E-state index contributed by atoms with van der Waals surface area (Å²) < 4.78 is -3.40. The Morgan fingerprint density at radius 2 is 1.69 bits per heavy atom. The Morgan fingerprint density at radius 1 is 1.19 bits per heavy atom. The molecule has 1 atom stereocenters. The number of hydrogen-bond acceptors (Lipinski definition) is 3. The van der Waals surface area contributed by atoms with E-state index in [1.165, 1.54) is 0 Å². The molecule has 0 N–H and O–H groups in total. The maximum absolute atomic E-state index is 6.16. The van der Waals surface area contributed by atoms with E-state index in [4.69, 9.17) is 58.0 Å². The van der Waals surface area contributed by atoms with Gasteiger partial charge >= 0.3 is 0 Å². The highest BCUT2D eigenvalue weighted by atomic mass is 35.6. The van der Waals surface area contributed by atoms with Crippen molar-refractivity contribution in [2.45, 2.75) is 34.2 Å². The fourth-order valence-corrected chi connectivity index (χ4v) is 2.24. The Morgan fingerprint density at radius 3 is 2.06 bits per heavy atom. The van der Waals surface area contributed by atoms with Crippen LogP contribution in [-0.4, -0.2) is 43.6 Å². The molecule has 1 heterocycles. The molecule has 0 aliphatic carbocycles. The van der Waals surface area contributed by atoms with Crippen LogP contribution in [0.2, 0.25) is 0 Å². The fourth-order valence-electron chi connectivity index (χ4n) is 1.44. The van der Waals surface area contributed by atoms with E-state index < -0.39 is 14.3 Å². The number of rotatable bonds is 2. The zero-order valence-corrected chi connectivity index (χ0v) is 12.7. The molecule has 0 amide bonds. The van der Waals surface area contributed by atoms with Crippen molar-refractivity contribution in [2.24, 2.45) is 5.10 Å². The molecule has 94 valence electrons. The van der Waals surface area contributed by atoms with Crippen LogP contribution in [0.1, 0.15) is 13.8 Å². The summed E-state index contributed by atoms with van der Waals surface area (Å²) in [5.74, 6) is 0. The van der Waals surface area contributed by atoms with Crippen LogP contribution in [0.4, 0.5) is 0 Å². The third kappa shape index (κ3) is 2.59. The SMILES string of the molecule is CC(C)N1C=NN(C)C1C(Cl)(Cl)C(Cl)(Cl)Cl. The van der Waals surface area contributed by atoms with E-state index in [1.54, 1.807) is 18.4 Å². The van der Waals surface area contributed by atoms with E-state index in [2.05, 4.69) is 5.10 Å². The van der Waals surface area contributed by atoms with Gasteiger partial charge in [-0.05, 0) is 13.8 Å². The second kappa shape index (κ2) is 4.77. The molecule has 0 radical (unpaired) electrons. The van der Waals surface area contributed by atoms with Gasteiger partial charge in [0.2, 0.25) is 8.13 Å². The molecule has 1 aliphatic heterocycles. The maximum Gasteiger partial charge on any atom is 0.227 e. The van der Waals surface area contributed by atoms with Gasteiger partial charge < -0.3 is 4.90 Å². The first-order valence-electron chi connectivity index (χ1n) is 4.58. The highest BCUT2D eigenvalue weighted by Gasteiger charge is 2.56. The predicted molar refractivity (Wildman–Crippen MR) is 71.7 cm³/mol. The van der Waals surface area contributed by atoms with Crippen LogP contribution in [0.5, 0.6) is 0 Å². The van der Waals surface area contributed by atoms with Crippen LogP contribution < -0.4 is 0 Å². The van der Waals surface area contributed by atoms with Gasteiger partial charge in [0.1, 0.15) is 6.34 Å². The highest BCUT2D eigenvalue weighted by molar-refractivity contribution is 6.75.